The van der Waals surface area contributed by atoms with E-state index < -0.39 is 6.09 Å². The molecule has 0 aliphatic carbocycles. The highest BCUT2D eigenvalue weighted by Crippen LogP contribution is 2.23. The first-order chi connectivity index (χ1) is 8.67. The second-order valence-corrected chi connectivity index (χ2v) is 3.75. The highest BCUT2D eigenvalue weighted by atomic mass is 16.6. The molecule has 0 aliphatic heterocycles. The van der Waals surface area contributed by atoms with Crippen LogP contribution in [0.1, 0.15) is 6.92 Å². The molecule has 94 valence electrons. The van der Waals surface area contributed by atoms with Crippen LogP contribution < -0.4 is 15.6 Å². The minimum atomic E-state index is -0.589. The lowest BCUT2D eigenvalue weighted by molar-refractivity contribution is 0.203. The number of rotatable bonds is 2. The van der Waals surface area contributed by atoms with E-state index in [9.17, 15) is 9.59 Å². The normalized spacial score (nSPS) is 10.3. The van der Waals surface area contributed by atoms with Crippen LogP contribution in [0.15, 0.2) is 35.1 Å². The van der Waals surface area contributed by atoms with Crippen LogP contribution >= 0.6 is 0 Å². The van der Waals surface area contributed by atoms with E-state index >= 15 is 0 Å². The van der Waals surface area contributed by atoms with Crippen molar-refractivity contribution in [2.75, 3.05) is 7.05 Å². The number of pyridine rings is 1. The van der Waals surface area contributed by atoms with Crippen molar-refractivity contribution >= 4 is 17.0 Å². The molecular weight excluding hydrogens is 232 g/mol. The Morgan fingerprint density at radius 1 is 1.39 bits per heavy atom. The number of hydrogen-bond donors (Lipinski definition) is 1. The Balaban J connectivity index is 2.68. The van der Waals surface area contributed by atoms with Gasteiger partial charge in [-0.3, -0.25) is 4.79 Å². The van der Waals surface area contributed by atoms with Gasteiger partial charge >= 0.3 is 6.09 Å². The van der Waals surface area contributed by atoms with Gasteiger partial charge in [-0.15, -0.1) is 0 Å². The number of nitrogens with one attached hydrogen (secondary N) is 1. The Morgan fingerprint density at radius 2 is 2.11 bits per heavy atom. The summed E-state index contributed by atoms with van der Waals surface area (Å²) in [5, 5.41) is 3.09. The number of benzene rings is 1. The molecule has 0 atom stereocenters. The molecule has 5 heteroatoms. The first kappa shape index (κ1) is 12.2. The summed E-state index contributed by atoms with van der Waals surface area (Å²) < 4.78 is 6.72. The van der Waals surface area contributed by atoms with Gasteiger partial charge in [0.05, 0.1) is 5.52 Å². The summed E-state index contributed by atoms with van der Waals surface area (Å²) in [6.45, 7) is 2.47. The van der Waals surface area contributed by atoms with E-state index in [1.54, 1.807) is 4.57 Å². The third-order valence-corrected chi connectivity index (χ3v) is 2.70. The van der Waals surface area contributed by atoms with Crippen LogP contribution in [-0.4, -0.2) is 17.7 Å². The number of fused-ring (bicyclic) bond motifs is 1. The molecule has 0 fully saturated rings. The van der Waals surface area contributed by atoms with Crippen LogP contribution in [0.2, 0.25) is 0 Å². The zero-order chi connectivity index (χ0) is 13.1. The van der Waals surface area contributed by atoms with Crippen molar-refractivity contribution in [2.45, 2.75) is 13.5 Å². The summed E-state index contributed by atoms with van der Waals surface area (Å²) in [6.07, 6.45) is -0.589. The van der Waals surface area contributed by atoms with Gasteiger partial charge in [0.15, 0.2) is 0 Å². The van der Waals surface area contributed by atoms with Crippen molar-refractivity contribution in [3.05, 3.63) is 40.7 Å². The Labute approximate surface area is 104 Å². The minimum Gasteiger partial charge on any atom is -0.409 e. The quantitative estimate of drug-likeness (QED) is 0.878. The summed E-state index contributed by atoms with van der Waals surface area (Å²) in [5.74, 6) is 0.277. The number of nitrogens with zero attached hydrogens (tertiary/aromatic N) is 1. The standard InChI is InChI=1S/C13H14N2O3/c1-3-15-10-7-5-4-6-9(10)11(8-12(15)16)18-13(17)14-2/h4-8H,3H2,1-2H3,(H,14,17). The van der Waals surface area contributed by atoms with Gasteiger partial charge in [0.25, 0.3) is 5.56 Å². The smallest absolute Gasteiger partial charge is 0.409 e. The number of amides is 1. The van der Waals surface area contributed by atoms with Gasteiger partial charge in [0.2, 0.25) is 0 Å². The fraction of sp³-hybridized carbons (Fsp3) is 0.231. The highest BCUT2D eigenvalue weighted by Gasteiger charge is 2.10. The maximum atomic E-state index is 11.9. The third kappa shape index (κ3) is 2.07. The lowest BCUT2D eigenvalue weighted by Gasteiger charge is -2.11. The predicted octanol–water partition coefficient (Wildman–Crippen LogP) is 1.74. The first-order valence-corrected chi connectivity index (χ1v) is 5.69. The Hall–Kier alpha value is -2.30. The molecule has 0 bridgehead atoms. The van der Waals surface area contributed by atoms with Gasteiger partial charge < -0.3 is 14.6 Å². The summed E-state index contributed by atoms with van der Waals surface area (Å²) in [7, 11) is 1.47. The molecule has 1 aromatic carbocycles. The van der Waals surface area contributed by atoms with Crippen LogP contribution in [0.3, 0.4) is 0 Å². The highest BCUT2D eigenvalue weighted by molar-refractivity contribution is 5.87. The van der Waals surface area contributed by atoms with Crippen molar-refractivity contribution in [3.8, 4) is 5.75 Å². The third-order valence-electron chi connectivity index (χ3n) is 2.70. The molecule has 0 aliphatic rings. The molecule has 1 aromatic heterocycles. The molecule has 18 heavy (non-hydrogen) atoms. The topological polar surface area (TPSA) is 60.3 Å². The number of ether oxygens (including phenoxy) is 1. The molecule has 5 nitrogen and oxygen atoms in total. The van der Waals surface area contributed by atoms with Gasteiger partial charge in [-0.2, -0.15) is 0 Å². The lowest BCUT2D eigenvalue weighted by atomic mass is 10.2. The number of hydrogen-bond acceptors (Lipinski definition) is 3. The number of aryl methyl sites for hydroxylation is 1. The summed E-state index contributed by atoms with van der Waals surface area (Å²) in [4.78, 5) is 23.2. The van der Waals surface area contributed by atoms with Gasteiger partial charge in [-0.1, -0.05) is 12.1 Å². The first-order valence-electron chi connectivity index (χ1n) is 5.69. The van der Waals surface area contributed by atoms with E-state index in [0.717, 1.165) is 10.9 Å². The van der Waals surface area contributed by atoms with E-state index in [4.69, 9.17) is 4.74 Å². The summed E-state index contributed by atoms with van der Waals surface area (Å²) in [5.41, 5.74) is 0.571. The fourth-order valence-corrected chi connectivity index (χ4v) is 1.87. The lowest BCUT2D eigenvalue weighted by Crippen LogP contribution is -2.24. The zero-order valence-corrected chi connectivity index (χ0v) is 10.3. The number of aromatic nitrogens is 1. The van der Waals surface area contributed by atoms with Crippen LogP contribution in [0.5, 0.6) is 5.75 Å². The van der Waals surface area contributed by atoms with Crippen LogP contribution in [0, 0.1) is 0 Å². The van der Waals surface area contributed by atoms with Gasteiger partial charge in [0, 0.05) is 25.0 Å². The Morgan fingerprint density at radius 3 is 2.78 bits per heavy atom. The molecule has 0 unspecified atom stereocenters. The molecule has 1 N–H and O–H groups in total. The maximum absolute atomic E-state index is 11.9. The summed E-state index contributed by atoms with van der Waals surface area (Å²) >= 11 is 0. The number of carbonyl (C=O) groups excluding carboxylic acids is 1. The molecule has 2 rings (SSSR count). The van der Waals surface area contributed by atoms with E-state index in [1.165, 1.54) is 13.1 Å². The number of para-hydroxylation sites is 1. The van der Waals surface area contributed by atoms with E-state index in [0.29, 0.717) is 6.54 Å². The average molecular weight is 246 g/mol. The molecule has 0 saturated heterocycles. The zero-order valence-electron chi connectivity index (χ0n) is 10.3. The summed E-state index contributed by atoms with van der Waals surface area (Å²) in [6, 6.07) is 8.67. The van der Waals surface area contributed by atoms with E-state index in [2.05, 4.69) is 5.32 Å². The van der Waals surface area contributed by atoms with Crippen molar-refractivity contribution < 1.29 is 9.53 Å². The molecule has 2 aromatic rings. The molecule has 0 saturated carbocycles. The van der Waals surface area contributed by atoms with Crippen LogP contribution in [-0.2, 0) is 6.54 Å². The van der Waals surface area contributed by atoms with Crippen LogP contribution in [0.4, 0.5) is 4.79 Å². The second kappa shape index (κ2) is 4.91. The maximum Gasteiger partial charge on any atom is 0.412 e. The molecule has 0 radical (unpaired) electrons. The van der Waals surface area contributed by atoms with E-state index in [1.807, 2.05) is 31.2 Å². The van der Waals surface area contributed by atoms with Gasteiger partial charge in [-0.05, 0) is 19.1 Å². The minimum absolute atomic E-state index is 0.185. The Bertz CT molecular complexity index is 646. The molecular formula is C13H14N2O3. The predicted molar refractivity (Wildman–Crippen MR) is 69.0 cm³/mol. The van der Waals surface area contributed by atoms with Crippen molar-refractivity contribution in [1.82, 2.24) is 9.88 Å². The fourth-order valence-electron chi connectivity index (χ4n) is 1.87. The second-order valence-electron chi connectivity index (χ2n) is 3.75. The molecule has 0 spiro atoms. The molecule has 1 amide bonds. The Kier molecular flexibility index (Phi) is 3.32. The van der Waals surface area contributed by atoms with Crippen LogP contribution in [0.25, 0.3) is 10.9 Å². The van der Waals surface area contributed by atoms with Gasteiger partial charge in [-0.25, -0.2) is 4.79 Å². The van der Waals surface area contributed by atoms with Crippen molar-refractivity contribution in [1.29, 1.82) is 0 Å². The SMILES string of the molecule is CCn1c(=O)cc(OC(=O)NC)c2ccccc21. The van der Waals surface area contributed by atoms with Gasteiger partial charge in [0.1, 0.15) is 5.75 Å². The van der Waals surface area contributed by atoms with E-state index in [-0.39, 0.29) is 11.3 Å². The molecule has 1 heterocycles. The monoisotopic (exact) mass is 246 g/mol. The van der Waals surface area contributed by atoms with Crippen molar-refractivity contribution in [2.24, 2.45) is 0 Å². The van der Waals surface area contributed by atoms with Crippen molar-refractivity contribution in [3.63, 3.8) is 0 Å². The largest absolute Gasteiger partial charge is 0.412 e. The average Bonchev–Trinajstić information content (AvgIpc) is 2.39. The number of carbonyl (C=O) groups is 1.